The molecule has 32 valence electrons. The molecule has 0 unspecified atom stereocenters. The van der Waals surface area contributed by atoms with Gasteiger partial charge in [-0.25, -0.2) is 0 Å². The average Bonchev–Trinajstić information content (AvgIpc) is 1.86. The summed E-state index contributed by atoms with van der Waals surface area (Å²) >= 11 is 3.25. The summed E-state index contributed by atoms with van der Waals surface area (Å²) in [5, 5.41) is 5.89. The first-order valence-electron chi connectivity index (χ1n) is 1.71. The first-order valence-corrected chi connectivity index (χ1v) is 2.62. The molecule has 0 saturated carbocycles. The molecule has 0 aromatic heterocycles. The molecule has 0 spiro atoms. The van der Waals surface area contributed by atoms with Gasteiger partial charge in [0.2, 0.25) is 0 Å². The van der Waals surface area contributed by atoms with Crippen LogP contribution in [0.15, 0.2) is 12.4 Å². The number of hydrogen-bond acceptors (Lipinski definition) is 2. The fourth-order valence-electron chi connectivity index (χ4n) is 0.313. The van der Waals surface area contributed by atoms with E-state index in [0.717, 1.165) is 0 Å². The maximum absolute atomic E-state index is 3.25. The number of hydrogen-bond donors (Lipinski definition) is 2. The molecule has 0 amide bonds. The summed E-state index contributed by atoms with van der Waals surface area (Å²) in [7, 11) is 0. The van der Waals surface area contributed by atoms with Crippen LogP contribution in [0.4, 0.5) is 0 Å². The molecule has 0 saturated heterocycles. The molecule has 0 fully saturated rings. The van der Waals surface area contributed by atoms with Crippen LogP contribution in [0.25, 0.3) is 0 Å². The molecule has 0 radical (unpaired) electrons. The van der Waals surface area contributed by atoms with Gasteiger partial charge in [-0.1, -0.05) is 15.8 Å². The van der Waals surface area contributed by atoms with Gasteiger partial charge < -0.3 is 10.5 Å². The van der Waals surface area contributed by atoms with Gasteiger partial charge in [0.15, 0.2) is 0 Å². The van der Waals surface area contributed by atoms with Crippen LogP contribution in [0.5, 0.6) is 0 Å². The Hall–Kier alpha value is -0.115. The molecule has 2 nitrogen and oxygen atoms in total. The predicted molar refractivity (Wildman–Crippen MR) is 30.1 cm³/mol. The van der Waals surface area contributed by atoms with Crippen molar-refractivity contribution in [3.63, 3.8) is 0 Å². The standard InChI is InChI=1S/C2H4BBrN2/c4-3-5-1-2-6-3/h1-2,5-6H. The van der Waals surface area contributed by atoms with Gasteiger partial charge in [-0.3, -0.25) is 0 Å². The lowest BCUT2D eigenvalue weighted by Gasteiger charge is -1.90. The molecule has 4 heteroatoms. The predicted octanol–water partition coefficient (Wildman–Crippen LogP) is 0.0302. The van der Waals surface area contributed by atoms with E-state index in [1.807, 2.05) is 12.4 Å². The summed E-state index contributed by atoms with van der Waals surface area (Å²) in [5.74, 6) is 0.248. The van der Waals surface area contributed by atoms with Gasteiger partial charge in [0.25, 0.3) is 0 Å². The highest BCUT2D eigenvalue weighted by molar-refractivity contribution is 9.24. The summed E-state index contributed by atoms with van der Waals surface area (Å²) in [6, 6.07) is 0. The third-order valence-corrected chi connectivity index (χ3v) is 1.10. The van der Waals surface area contributed by atoms with Gasteiger partial charge in [0, 0.05) is 12.4 Å². The average molecular weight is 147 g/mol. The third-order valence-electron chi connectivity index (χ3n) is 0.568. The minimum absolute atomic E-state index is 0.248. The molecule has 1 rings (SSSR count). The van der Waals surface area contributed by atoms with E-state index in [9.17, 15) is 0 Å². The summed E-state index contributed by atoms with van der Waals surface area (Å²) in [4.78, 5) is 0. The molecule has 0 aromatic carbocycles. The van der Waals surface area contributed by atoms with Crippen molar-refractivity contribution in [2.45, 2.75) is 0 Å². The number of halogens is 1. The SMILES string of the molecule is BrB1NC=CN1. The fraction of sp³-hybridized carbons (Fsp3) is 0. The first-order chi connectivity index (χ1) is 2.89. The summed E-state index contributed by atoms with van der Waals surface area (Å²) in [6.07, 6.45) is 3.69. The molecular formula is C2H4BBrN2. The Morgan fingerprint density at radius 2 is 1.83 bits per heavy atom. The van der Waals surface area contributed by atoms with Gasteiger partial charge in [0.05, 0.1) is 0 Å². The Morgan fingerprint density at radius 3 is 2.00 bits per heavy atom. The lowest BCUT2D eigenvalue weighted by molar-refractivity contribution is 1.36. The quantitative estimate of drug-likeness (QED) is 0.472. The summed E-state index contributed by atoms with van der Waals surface area (Å²) in [5.41, 5.74) is 0. The highest BCUT2D eigenvalue weighted by Crippen LogP contribution is 1.87. The first kappa shape index (κ1) is 4.05. The van der Waals surface area contributed by atoms with Crippen molar-refractivity contribution in [2.24, 2.45) is 0 Å². The zero-order chi connectivity index (χ0) is 4.41. The maximum Gasteiger partial charge on any atom is 0.449 e. The van der Waals surface area contributed by atoms with E-state index >= 15 is 0 Å². The smallest absolute Gasteiger partial charge is 0.404 e. The minimum Gasteiger partial charge on any atom is -0.404 e. The van der Waals surface area contributed by atoms with Crippen LogP contribution in [-0.2, 0) is 0 Å². The maximum atomic E-state index is 3.25. The van der Waals surface area contributed by atoms with E-state index in [4.69, 9.17) is 0 Å². The lowest BCUT2D eigenvalue weighted by Crippen LogP contribution is -2.29. The molecule has 0 aromatic rings. The molecule has 0 bridgehead atoms. The fourth-order valence-corrected chi connectivity index (χ4v) is 0.619. The Kier molecular flexibility index (Phi) is 1.05. The van der Waals surface area contributed by atoms with E-state index in [1.165, 1.54) is 0 Å². The molecule has 1 aliphatic heterocycles. The van der Waals surface area contributed by atoms with Gasteiger partial charge in [-0.2, -0.15) is 0 Å². The second-order valence-electron chi connectivity index (χ2n) is 1.03. The second kappa shape index (κ2) is 1.56. The van der Waals surface area contributed by atoms with Crippen molar-refractivity contribution in [3.8, 4) is 0 Å². The zero-order valence-electron chi connectivity index (χ0n) is 3.11. The lowest BCUT2D eigenvalue weighted by atomic mass is 10.2. The molecule has 1 heterocycles. The van der Waals surface area contributed by atoms with Crippen molar-refractivity contribution >= 4 is 21.6 Å². The molecular weight excluding hydrogens is 143 g/mol. The molecule has 0 aliphatic carbocycles. The highest BCUT2D eigenvalue weighted by Gasteiger charge is 2.07. The molecule has 6 heavy (non-hydrogen) atoms. The van der Waals surface area contributed by atoms with Gasteiger partial charge in [0.1, 0.15) is 0 Å². The Morgan fingerprint density at radius 1 is 1.33 bits per heavy atom. The molecule has 1 aliphatic rings. The van der Waals surface area contributed by atoms with Crippen LogP contribution < -0.4 is 10.5 Å². The highest BCUT2D eigenvalue weighted by atomic mass is 79.9. The van der Waals surface area contributed by atoms with Gasteiger partial charge >= 0.3 is 5.81 Å². The minimum atomic E-state index is 0.248. The Balaban J connectivity index is 2.32. The zero-order valence-corrected chi connectivity index (χ0v) is 4.70. The third kappa shape index (κ3) is 0.682. The normalized spacial score (nSPS) is 17.2. The van der Waals surface area contributed by atoms with Crippen molar-refractivity contribution < 1.29 is 0 Å². The second-order valence-corrected chi connectivity index (χ2v) is 1.94. The van der Waals surface area contributed by atoms with E-state index in [1.54, 1.807) is 0 Å². The van der Waals surface area contributed by atoms with Crippen LogP contribution in [0.1, 0.15) is 0 Å². The monoisotopic (exact) mass is 146 g/mol. The Labute approximate surface area is 45.1 Å². The van der Waals surface area contributed by atoms with Crippen LogP contribution in [0.3, 0.4) is 0 Å². The summed E-state index contributed by atoms with van der Waals surface area (Å²) < 4.78 is 0. The Bertz CT molecular complexity index is 65.9. The van der Waals surface area contributed by atoms with Crippen LogP contribution in [-0.4, -0.2) is 5.81 Å². The number of nitrogens with one attached hydrogen (secondary N) is 2. The van der Waals surface area contributed by atoms with Crippen molar-refractivity contribution in [3.05, 3.63) is 12.4 Å². The molecule has 0 atom stereocenters. The van der Waals surface area contributed by atoms with Gasteiger partial charge in [-0.15, -0.1) is 0 Å². The van der Waals surface area contributed by atoms with Crippen molar-refractivity contribution in [1.82, 2.24) is 10.5 Å². The largest absolute Gasteiger partial charge is 0.449 e. The van der Waals surface area contributed by atoms with Crippen molar-refractivity contribution in [2.75, 3.05) is 0 Å². The van der Waals surface area contributed by atoms with E-state index < -0.39 is 0 Å². The summed E-state index contributed by atoms with van der Waals surface area (Å²) in [6.45, 7) is 0. The van der Waals surface area contributed by atoms with Crippen LogP contribution in [0.2, 0.25) is 0 Å². The number of rotatable bonds is 0. The topological polar surface area (TPSA) is 24.1 Å². The van der Waals surface area contributed by atoms with E-state index in [2.05, 4.69) is 26.2 Å². The van der Waals surface area contributed by atoms with E-state index in [0.29, 0.717) is 0 Å². The van der Waals surface area contributed by atoms with Crippen LogP contribution >= 0.6 is 15.8 Å². The van der Waals surface area contributed by atoms with Crippen LogP contribution in [0, 0.1) is 0 Å². The molecule has 2 N–H and O–H groups in total. The van der Waals surface area contributed by atoms with Gasteiger partial charge in [-0.05, 0) is 0 Å². The van der Waals surface area contributed by atoms with E-state index in [-0.39, 0.29) is 5.81 Å². The van der Waals surface area contributed by atoms with Crippen molar-refractivity contribution in [1.29, 1.82) is 0 Å².